The van der Waals surface area contributed by atoms with Crippen LogP contribution in [0.25, 0.3) is 0 Å². The van der Waals surface area contributed by atoms with Crippen LogP contribution in [0, 0.1) is 20.8 Å². The molecule has 0 aromatic heterocycles. The number of nitrogens with one attached hydrogen (secondary N) is 2. The second-order valence-corrected chi connectivity index (χ2v) is 8.35. The Hall–Kier alpha value is -4.00. The number of hydrogen-bond acceptors (Lipinski definition) is 5. The summed E-state index contributed by atoms with van der Waals surface area (Å²) in [5.74, 6) is 0.722. The Morgan fingerprint density at radius 2 is 1.14 bits per heavy atom. The fourth-order valence-electron chi connectivity index (χ4n) is 3.62. The van der Waals surface area contributed by atoms with Crippen LogP contribution in [0.4, 0.5) is 9.59 Å². The molecular formula is C28H32N2O5. The number of alkyl carbamates (subject to hydrolysis) is 2. The summed E-state index contributed by atoms with van der Waals surface area (Å²) >= 11 is 0. The van der Waals surface area contributed by atoms with E-state index in [1.807, 2.05) is 93.6 Å². The van der Waals surface area contributed by atoms with Gasteiger partial charge in [-0.3, -0.25) is 0 Å². The maximum absolute atomic E-state index is 12.2. The number of benzene rings is 3. The van der Waals surface area contributed by atoms with Gasteiger partial charge < -0.3 is 24.8 Å². The van der Waals surface area contributed by atoms with Crippen molar-refractivity contribution in [3.8, 4) is 5.75 Å². The topological polar surface area (TPSA) is 85.9 Å². The highest BCUT2D eigenvalue weighted by Crippen LogP contribution is 2.25. The van der Waals surface area contributed by atoms with Gasteiger partial charge in [0.2, 0.25) is 0 Å². The summed E-state index contributed by atoms with van der Waals surface area (Å²) in [5.41, 5.74) is 4.87. The predicted molar refractivity (Wildman–Crippen MR) is 134 cm³/mol. The minimum atomic E-state index is -0.563. The van der Waals surface area contributed by atoms with Crippen molar-refractivity contribution >= 4 is 12.2 Å². The number of aryl methyl sites for hydroxylation is 3. The lowest BCUT2D eigenvalue weighted by atomic mass is 10.1. The van der Waals surface area contributed by atoms with Crippen molar-refractivity contribution in [2.45, 2.75) is 40.1 Å². The molecule has 0 unspecified atom stereocenters. The van der Waals surface area contributed by atoms with E-state index in [9.17, 15) is 9.59 Å². The zero-order valence-electron chi connectivity index (χ0n) is 20.4. The average molecular weight is 477 g/mol. The summed E-state index contributed by atoms with van der Waals surface area (Å²) in [6.07, 6.45) is -1.67. The molecule has 0 saturated heterocycles. The first-order valence-electron chi connectivity index (χ1n) is 11.5. The predicted octanol–water partition coefficient (Wildman–Crippen LogP) is 5.21. The van der Waals surface area contributed by atoms with Gasteiger partial charge in [-0.05, 0) is 43.0 Å². The highest BCUT2D eigenvalue weighted by atomic mass is 16.6. The van der Waals surface area contributed by atoms with Gasteiger partial charge in [-0.1, -0.05) is 78.4 Å². The monoisotopic (exact) mass is 476 g/mol. The van der Waals surface area contributed by atoms with Crippen molar-refractivity contribution in [1.29, 1.82) is 0 Å². The molecule has 3 aromatic rings. The van der Waals surface area contributed by atoms with Crippen LogP contribution in [-0.4, -0.2) is 31.4 Å². The third-order valence-electron chi connectivity index (χ3n) is 5.26. The smallest absolute Gasteiger partial charge is 0.407 e. The molecule has 2 N–H and O–H groups in total. The zero-order valence-corrected chi connectivity index (χ0v) is 20.4. The minimum absolute atomic E-state index is 0.138. The van der Waals surface area contributed by atoms with E-state index in [-0.39, 0.29) is 26.3 Å². The summed E-state index contributed by atoms with van der Waals surface area (Å²) in [4.78, 5) is 24.5. The molecule has 0 fully saturated rings. The molecule has 7 heteroatoms. The van der Waals surface area contributed by atoms with E-state index < -0.39 is 18.3 Å². The van der Waals surface area contributed by atoms with Crippen molar-refractivity contribution in [3.05, 3.63) is 101 Å². The van der Waals surface area contributed by atoms with E-state index in [2.05, 4.69) is 10.6 Å². The molecule has 184 valence electrons. The lowest BCUT2D eigenvalue weighted by Gasteiger charge is -2.23. The van der Waals surface area contributed by atoms with Gasteiger partial charge in [-0.2, -0.15) is 0 Å². The summed E-state index contributed by atoms with van der Waals surface area (Å²) < 4.78 is 16.8. The first-order valence-corrected chi connectivity index (χ1v) is 11.5. The Morgan fingerprint density at radius 3 is 1.57 bits per heavy atom. The van der Waals surface area contributed by atoms with Crippen LogP contribution in [0.2, 0.25) is 0 Å². The summed E-state index contributed by atoms with van der Waals surface area (Å²) in [7, 11) is 0. The van der Waals surface area contributed by atoms with Gasteiger partial charge in [0.05, 0.1) is 13.1 Å². The Morgan fingerprint density at radius 1 is 0.714 bits per heavy atom. The normalized spacial score (nSPS) is 10.5. The van der Waals surface area contributed by atoms with Crippen LogP contribution in [0.15, 0.2) is 72.8 Å². The largest absolute Gasteiger partial charge is 0.486 e. The molecule has 0 spiro atoms. The molecular weight excluding hydrogens is 444 g/mol. The molecule has 0 bridgehead atoms. The fourth-order valence-corrected chi connectivity index (χ4v) is 3.62. The Kier molecular flexibility index (Phi) is 9.54. The number of ether oxygens (including phenoxy) is 3. The maximum atomic E-state index is 12.2. The Labute approximate surface area is 206 Å². The third-order valence-corrected chi connectivity index (χ3v) is 5.26. The van der Waals surface area contributed by atoms with Crippen molar-refractivity contribution in [3.63, 3.8) is 0 Å². The number of hydrogen-bond donors (Lipinski definition) is 2. The number of carbonyl (C=O) groups excluding carboxylic acids is 2. The standard InChI is InChI=1S/C28H32N2O5/c1-20-14-21(2)26(22(3)15-20)35-25(16-29-27(31)33-18-23-10-6-4-7-11-23)17-30-28(32)34-19-24-12-8-5-9-13-24/h4-15,25H,16-19H2,1-3H3,(H,29,31)(H,30,32). The molecule has 0 radical (unpaired) electrons. The molecule has 0 aliphatic carbocycles. The van der Waals surface area contributed by atoms with E-state index in [4.69, 9.17) is 14.2 Å². The highest BCUT2D eigenvalue weighted by molar-refractivity contribution is 5.68. The van der Waals surface area contributed by atoms with Crippen LogP contribution in [0.3, 0.4) is 0 Å². The first-order chi connectivity index (χ1) is 16.9. The lowest BCUT2D eigenvalue weighted by molar-refractivity contribution is 0.122. The molecule has 3 rings (SSSR count). The van der Waals surface area contributed by atoms with Crippen molar-refractivity contribution in [2.24, 2.45) is 0 Å². The molecule has 0 aliphatic rings. The van der Waals surface area contributed by atoms with Gasteiger partial charge in [-0.15, -0.1) is 0 Å². The van der Waals surface area contributed by atoms with E-state index >= 15 is 0 Å². The van der Waals surface area contributed by atoms with Crippen LogP contribution >= 0.6 is 0 Å². The summed E-state index contributed by atoms with van der Waals surface area (Å²) in [6.45, 7) is 6.57. The minimum Gasteiger partial charge on any atom is -0.486 e. The average Bonchev–Trinajstić information content (AvgIpc) is 2.86. The first kappa shape index (κ1) is 25.6. The van der Waals surface area contributed by atoms with Gasteiger partial charge in [0.15, 0.2) is 0 Å². The molecule has 2 amide bonds. The molecule has 0 aliphatic heterocycles. The number of carbonyl (C=O) groups is 2. The van der Waals surface area contributed by atoms with Crippen molar-refractivity contribution in [1.82, 2.24) is 10.6 Å². The van der Waals surface area contributed by atoms with Gasteiger partial charge in [0.25, 0.3) is 0 Å². The van der Waals surface area contributed by atoms with Gasteiger partial charge in [-0.25, -0.2) is 9.59 Å². The van der Waals surface area contributed by atoms with Gasteiger partial charge >= 0.3 is 12.2 Å². The van der Waals surface area contributed by atoms with Crippen LogP contribution in [-0.2, 0) is 22.7 Å². The van der Waals surface area contributed by atoms with E-state index in [0.29, 0.717) is 0 Å². The second-order valence-electron chi connectivity index (χ2n) is 8.35. The molecule has 0 atom stereocenters. The lowest BCUT2D eigenvalue weighted by Crippen LogP contribution is -2.43. The quantitative estimate of drug-likeness (QED) is 0.419. The fraction of sp³-hybridized carbons (Fsp3) is 0.286. The third kappa shape index (κ3) is 8.70. The highest BCUT2D eigenvalue weighted by Gasteiger charge is 2.18. The van der Waals surface area contributed by atoms with Crippen LogP contribution < -0.4 is 15.4 Å². The SMILES string of the molecule is Cc1cc(C)c(OC(CNC(=O)OCc2ccccc2)CNC(=O)OCc2ccccc2)c(C)c1. The number of rotatable bonds is 10. The molecule has 7 nitrogen and oxygen atoms in total. The van der Waals surface area contributed by atoms with Crippen molar-refractivity contribution < 1.29 is 23.8 Å². The Balaban J connectivity index is 1.56. The van der Waals surface area contributed by atoms with Crippen LogP contribution in [0.5, 0.6) is 5.75 Å². The van der Waals surface area contributed by atoms with E-state index in [0.717, 1.165) is 33.6 Å². The van der Waals surface area contributed by atoms with Crippen LogP contribution in [0.1, 0.15) is 27.8 Å². The molecule has 0 heterocycles. The summed E-state index contributed by atoms with van der Waals surface area (Å²) in [6, 6.07) is 22.9. The Bertz CT molecular complexity index is 1020. The maximum Gasteiger partial charge on any atom is 0.407 e. The second kappa shape index (κ2) is 13.0. The zero-order chi connectivity index (χ0) is 25.0. The molecule has 35 heavy (non-hydrogen) atoms. The molecule has 3 aromatic carbocycles. The number of amides is 2. The molecule has 0 saturated carbocycles. The summed E-state index contributed by atoms with van der Waals surface area (Å²) in [5, 5.41) is 5.45. The van der Waals surface area contributed by atoms with Gasteiger partial charge in [0, 0.05) is 0 Å². The van der Waals surface area contributed by atoms with Crippen molar-refractivity contribution in [2.75, 3.05) is 13.1 Å². The van der Waals surface area contributed by atoms with Gasteiger partial charge in [0.1, 0.15) is 25.1 Å². The van der Waals surface area contributed by atoms with E-state index in [1.54, 1.807) is 0 Å². The van der Waals surface area contributed by atoms with E-state index in [1.165, 1.54) is 0 Å².